The van der Waals surface area contributed by atoms with Crippen LogP contribution in [0.1, 0.15) is 0 Å². The Morgan fingerprint density at radius 3 is 1.89 bits per heavy atom. The minimum absolute atomic E-state index is 1.10. The van der Waals surface area contributed by atoms with Crippen molar-refractivity contribution in [2.24, 2.45) is 0 Å². The van der Waals surface area contributed by atoms with Crippen LogP contribution in [-0.4, -0.2) is 0 Å². The van der Waals surface area contributed by atoms with E-state index in [1.165, 1.54) is 22.3 Å². The number of hydrogen-bond donors (Lipinski definition) is 0. The Hall–Kier alpha value is -1.91. The molecule has 0 aliphatic carbocycles. The van der Waals surface area contributed by atoms with Crippen molar-refractivity contribution in [2.45, 2.75) is 0 Å². The van der Waals surface area contributed by atoms with E-state index in [4.69, 9.17) is 0 Å². The van der Waals surface area contributed by atoms with Gasteiger partial charge in [0, 0.05) is 0 Å². The van der Waals surface area contributed by atoms with Gasteiger partial charge in [0.25, 0.3) is 0 Å². The number of benzene rings is 3. The van der Waals surface area contributed by atoms with Crippen LogP contribution in [0.2, 0.25) is 0 Å². The highest BCUT2D eigenvalue weighted by atomic mass is 31.0. The molecule has 1 unspecified atom stereocenters. The first kappa shape index (κ1) is 12.1. The summed E-state index contributed by atoms with van der Waals surface area (Å²) in [5, 5.41) is 1.10. The highest BCUT2D eigenvalue weighted by molar-refractivity contribution is 7.28. The molecule has 0 heterocycles. The van der Waals surface area contributed by atoms with E-state index in [1.54, 1.807) is 0 Å². The van der Waals surface area contributed by atoms with Gasteiger partial charge >= 0.3 is 0 Å². The maximum atomic E-state index is 3.27. The smallest absolute Gasteiger partial charge is 0.00275 e. The fraction of sp³-hybridized carbons (Fsp3) is 0. The Morgan fingerprint density at radius 2 is 1.26 bits per heavy atom. The zero-order valence-electron chi connectivity index (χ0n) is 10.5. The lowest BCUT2D eigenvalue weighted by molar-refractivity contribution is 1.60. The molecule has 0 nitrogen and oxygen atoms in total. The van der Waals surface area contributed by atoms with Gasteiger partial charge in [-0.3, -0.25) is 0 Å². The van der Waals surface area contributed by atoms with Gasteiger partial charge in [-0.2, -0.15) is 0 Å². The first-order valence-corrected chi connectivity index (χ1v) is 6.85. The molecule has 3 aromatic rings. The molecule has 19 heavy (non-hydrogen) atoms. The van der Waals surface area contributed by atoms with Gasteiger partial charge in [-0.1, -0.05) is 72.8 Å². The van der Waals surface area contributed by atoms with E-state index in [-0.39, 0.29) is 0 Å². The normalized spacial score (nSPS) is 10.4. The van der Waals surface area contributed by atoms with Crippen molar-refractivity contribution in [3.05, 3.63) is 78.9 Å². The van der Waals surface area contributed by atoms with Crippen molar-refractivity contribution in [3.63, 3.8) is 0 Å². The van der Waals surface area contributed by atoms with Gasteiger partial charge in [0.15, 0.2) is 0 Å². The van der Waals surface area contributed by atoms with Gasteiger partial charge in [0.2, 0.25) is 0 Å². The van der Waals surface area contributed by atoms with Crippen LogP contribution in [0.3, 0.4) is 0 Å². The summed E-state index contributed by atoms with van der Waals surface area (Å²) in [6.45, 7) is 0. The quantitative estimate of drug-likeness (QED) is 0.603. The van der Waals surface area contributed by atoms with Crippen LogP contribution in [0.5, 0.6) is 0 Å². The standard InChI is InChI=1S/C18H14P/c19-17-13-7-12-16(14-8-3-1-4-9-14)18(17)15-10-5-2-6-11-15/h1-12H,19H2. The molecule has 0 aromatic heterocycles. The fourth-order valence-electron chi connectivity index (χ4n) is 2.29. The van der Waals surface area contributed by atoms with Gasteiger partial charge in [0.1, 0.15) is 0 Å². The average Bonchev–Trinajstić information content (AvgIpc) is 2.49. The Morgan fingerprint density at radius 1 is 0.684 bits per heavy atom. The summed E-state index contributed by atoms with van der Waals surface area (Å²) in [7, 11) is 2.79. The van der Waals surface area contributed by atoms with Gasteiger partial charge in [-0.25, -0.2) is 0 Å². The van der Waals surface area contributed by atoms with Gasteiger partial charge in [-0.15, -0.1) is 9.24 Å². The first-order valence-electron chi connectivity index (χ1n) is 6.27. The molecule has 3 rings (SSSR count). The molecule has 0 N–H and O–H groups in total. The summed E-state index contributed by atoms with van der Waals surface area (Å²) in [6, 6.07) is 28.3. The van der Waals surface area contributed by atoms with Crippen molar-refractivity contribution in [2.75, 3.05) is 0 Å². The van der Waals surface area contributed by atoms with E-state index in [0.717, 1.165) is 5.30 Å². The lowest BCUT2D eigenvalue weighted by Gasteiger charge is -2.12. The van der Waals surface area contributed by atoms with Crippen molar-refractivity contribution in [1.29, 1.82) is 0 Å². The summed E-state index contributed by atoms with van der Waals surface area (Å²) < 4.78 is 0. The third kappa shape index (κ3) is 2.45. The Labute approximate surface area is 116 Å². The molecular weight excluding hydrogens is 247 g/mol. The van der Waals surface area contributed by atoms with Crippen LogP contribution in [0.15, 0.2) is 72.8 Å². The second-order valence-corrected chi connectivity index (χ2v) is 4.99. The molecule has 0 saturated carbocycles. The summed E-state index contributed by atoms with van der Waals surface area (Å²) >= 11 is 0. The van der Waals surface area contributed by atoms with Crippen LogP contribution in [0.25, 0.3) is 22.3 Å². The molecule has 0 bridgehead atoms. The van der Waals surface area contributed by atoms with E-state index >= 15 is 0 Å². The van der Waals surface area contributed by atoms with E-state index in [0.29, 0.717) is 0 Å². The topological polar surface area (TPSA) is 0 Å². The molecular formula is C18H14P. The maximum Gasteiger partial charge on any atom is -0.00275 e. The van der Waals surface area contributed by atoms with Crippen LogP contribution in [-0.2, 0) is 0 Å². The van der Waals surface area contributed by atoms with Crippen LogP contribution in [0, 0.1) is 6.07 Å². The summed E-state index contributed by atoms with van der Waals surface area (Å²) in [6.07, 6.45) is 0. The monoisotopic (exact) mass is 261 g/mol. The van der Waals surface area contributed by atoms with Crippen LogP contribution in [0.4, 0.5) is 0 Å². The largest absolute Gasteiger partial charge is 0.104 e. The van der Waals surface area contributed by atoms with Crippen LogP contribution < -0.4 is 5.30 Å². The van der Waals surface area contributed by atoms with Crippen molar-refractivity contribution >= 4 is 14.5 Å². The SMILES string of the molecule is Pc1[c]ccc(-c2ccccc2)c1-c1ccccc1. The van der Waals surface area contributed by atoms with Gasteiger partial charge < -0.3 is 0 Å². The summed E-state index contributed by atoms with van der Waals surface area (Å²) in [4.78, 5) is 0. The maximum absolute atomic E-state index is 3.27. The molecule has 0 amide bonds. The lowest BCUT2D eigenvalue weighted by atomic mass is 9.94. The second kappa shape index (κ2) is 5.38. The second-order valence-electron chi connectivity index (χ2n) is 4.41. The van der Waals surface area contributed by atoms with E-state index in [2.05, 4.69) is 69.9 Å². The van der Waals surface area contributed by atoms with E-state index < -0.39 is 0 Å². The van der Waals surface area contributed by atoms with Crippen molar-refractivity contribution in [1.82, 2.24) is 0 Å². The minimum Gasteiger partial charge on any atom is -0.104 e. The number of hydrogen-bond acceptors (Lipinski definition) is 0. The Bertz CT molecular complexity index is 673. The van der Waals surface area contributed by atoms with Crippen molar-refractivity contribution < 1.29 is 0 Å². The average molecular weight is 261 g/mol. The molecule has 91 valence electrons. The van der Waals surface area contributed by atoms with Gasteiger partial charge in [0.05, 0.1) is 0 Å². The van der Waals surface area contributed by atoms with Crippen molar-refractivity contribution in [3.8, 4) is 22.3 Å². The molecule has 0 aliphatic rings. The molecule has 0 aliphatic heterocycles. The predicted molar refractivity (Wildman–Crippen MR) is 85.5 cm³/mol. The molecule has 0 spiro atoms. The molecule has 1 radical (unpaired) electrons. The molecule has 3 aromatic carbocycles. The highest BCUT2D eigenvalue weighted by Crippen LogP contribution is 2.31. The summed E-state index contributed by atoms with van der Waals surface area (Å²) in [5.41, 5.74) is 4.94. The van der Waals surface area contributed by atoms with E-state index in [9.17, 15) is 0 Å². The zero-order valence-corrected chi connectivity index (χ0v) is 11.7. The first-order chi connectivity index (χ1) is 9.36. The minimum atomic E-state index is 1.10. The van der Waals surface area contributed by atoms with Gasteiger partial charge in [-0.05, 0) is 33.6 Å². The highest BCUT2D eigenvalue weighted by Gasteiger charge is 2.09. The Balaban J connectivity index is 2.25. The molecule has 1 atom stereocenters. The molecule has 0 fully saturated rings. The fourth-order valence-corrected chi connectivity index (χ4v) is 2.71. The predicted octanol–water partition coefficient (Wildman–Crippen LogP) is 4.32. The Kier molecular flexibility index (Phi) is 3.44. The number of rotatable bonds is 2. The third-order valence-electron chi connectivity index (χ3n) is 3.17. The molecule has 1 heteroatoms. The zero-order chi connectivity index (χ0) is 13.1. The van der Waals surface area contributed by atoms with E-state index in [1.807, 2.05) is 18.2 Å². The third-order valence-corrected chi connectivity index (χ3v) is 3.63. The summed E-state index contributed by atoms with van der Waals surface area (Å²) in [5.74, 6) is 0. The van der Waals surface area contributed by atoms with Crippen LogP contribution >= 0.6 is 9.24 Å². The lowest BCUT2D eigenvalue weighted by Crippen LogP contribution is -1.99. The molecule has 0 saturated heterocycles.